The van der Waals surface area contributed by atoms with Crippen molar-refractivity contribution in [1.29, 1.82) is 5.26 Å². The van der Waals surface area contributed by atoms with Crippen molar-refractivity contribution < 1.29 is 9.63 Å². The minimum absolute atomic E-state index is 0.142. The molecule has 0 aliphatic carbocycles. The zero-order valence-corrected chi connectivity index (χ0v) is 11.0. The van der Waals surface area contributed by atoms with Gasteiger partial charge in [0.05, 0.1) is 12.5 Å². The van der Waals surface area contributed by atoms with Gasteiger partial charge in [-0.25, -0.2) is 0 Å². The Labute approximate surface area is 121 Å². The Morgan fingerprint density at radius 2 is 2.00 bits per heavy atom. The number of benzene rings is 2. The number of nitriles is 1. The highest BCUT2D eigenvalue weighted by molar-refractivity contribution is 5.63. The number of phenolic OH excluding ortho intramolecular Hbond substituents is 1. The first-order chi connectivity index (χ1) is 10.3. The van der Waals surface area contributed by atoms with Crippen LogP contribution in [0.15, 0.2) is 53.1 Å². The van der Waals surface area contributed by atoms with E-state index in [0.29, 0.717) is 17.3 Å². The first-order valence-corrected chi connectivity index (χ1v) is 6.36. The van der Waals surface area contributed by atoms with Crippen LogP contribution in [0.4, 0.5) is 0 Å². The quantitative estimate of drug-likeness (QED) is 0.795. The predicted octanol–water partition coefficient (Wildman–Crippen LogP) is 3.18. The van der Waals surface area contributed by atoms with Crippen LogP contribution in [0.1, 0.15) is 5.56 Å². The molecule has 5 heteroatoms. The zero-order chi connectivity index (χ0) is 14.7. The van der Waals surface area contributed by atoms with Crippen molar-refractivity contribution in [1.82, 2.24) is 10.1 Å². The summed E-state index contributed by atoms with van der Waals surface area (Å²) < 4.78 is 5.28. The molecule has 102 valence electrons. The van der Waals surface area contributed by atoms with Crippen molar-refractivity contribution in [3.63, 3.8) is 0 Å². The topological polar surface area (TPSA) is 82.9 Å². The Morgan fingerprint density at radius 1 is 1.14 bits per heavy atom. The standard InChI is InChI=1S/C16H11N3O2/c17-9-8-11-4-1-2-7-14(11)16-18-15(19-21-16)12-5-3-6-13(20)10-12/h1-7,10,20H,8H2. The summed E-state index contributed by atoms with van der Waals surface area (Å²) in [6.07, 6.45) is 0.278. The summed E-state index contributed by atoms with van der Waals surface area (Å²) in [5, 5.41) is 22.3. The number of phenols is 1. The van der Waals surface area contributed by atoms with E-state index in [1.54, 1.807) is 24.3 Å². The molecule has 1 heterocycles. The van der Waals surface area contributed by atoms with E-state index in [2.05, 4.69) is 16.2 Å². The average molecular weight is 277 g/mol. The second-order valence-electron chi connectivity index (χ2n) is 4.47. The lowest BCUT2D eigenvalue weighted by molar-refractivity contribution is 0.432. The van der Waals surface area contributed by atoms with Crippen LogP contribution in [-0.4, -0.2) is 15.2 Å². The van der Waals surface area contributed by atoms with Crippen molar-refractivity contribution in [2.24, 2.45) is 0 Å². The summed E-state index contributed by atoms with van der Waals surface area (Å²) in [5.74, 6) is 0.899. The third kappa shape index (κ3) is 2.60. The highest BCUT2D eigenvalue weighted by Crippen LogP contribution is 2.26. The Hall–Kier alpha value is -3.13. The fourth-order valence-corrected chi connectivity index (χ4v) is 2.06. The van der Waals surface area contributed by atoms with E-state index in [9.17, 15) is 5.11 Å². The number of rotatable bonds is 3. The van der Waals surface area contributed by atoms with E-state index < -0.39 is 0 Å². The van der Waals surface area contributed by atoms with Gasteiger partial charge in [0.25, 0.3) is 5.89 Å². The SMILES string of the molecule is N#CCc1ccccc1-c1nc(-c2cccc(O)c2)no1. The third-order valence-electron chi connectivity index (χ3n) is 3.05. The summed E-state index contributed by atoms with van der Waals surface area (Å²) in [4.78, 5) is 4.34. The summed E-state index contributed by atoms with van der Waals surface area (Å²) in [7, 11) is 0. The lowest BCUT2D eigenvalue weighted by Gasteiger charge is -2.00. The fraction of sp³-hybridized carbons (Fsp3) is 0.0625. The van der Waals surface area contributed by atoms with Gasteiger partial charge in [-0.2, -0.15) is 10.2 Å². The maximum Gasteiger partial charge on any atom is 0.258 e. The fourth-order valence-electron chi connectivity index (χ4n) is 2.06. The van der Waals surface area contributed by atoms with Crippen LogP contribution < -0.4 is 0 Å². The lowest BCUT2D eigenvalue weighted by atomic mass is 10.1. The molecule has 5 nitrogen and oxygen atoms in total. The molecular weight excluding hydrogens is 266 g/mol. The molecule has 0 radical (unpaired) electrons. The molecule has 3 rings (SSSR count). The van der Waals surface area contributed by atoms with Gasteiger partial charge in [0.15, 0.2) is 0 Å². The Kier molecular flexibility index (Phi) is 3.36. The summed E-state index contributed by atoms with van der Waals surface area (Å²) in [6, 6.07) is 16.2. The van der Waals surface area contributed by atoms with Crippen LogP contribution in [0.3, 0.4) is 0 Å². The smallest absolute Gasteiger partial charge is 0.258 e. The number of hydrogen-bond donors (Lipinski definition) is 1. The minimum Gasteiger partial charge on any atom is -0.508 e. The van der Waals surface area contributed by atoms with Gasteiger partial charge in [0.1, 0.15) is 5.75 Å². The second-order valence-corrected chi connectivity index (χ2v) is 4.47. The van der Waals surface area contributed by atoms with E-state index in [1.165, 1.54) is 0 Å². The van der Waals surface area contributed by atoms with Crippen LogP contribution in [-0.2, 0) is 6.42 Å². The molecule has 0 bridgehead atoms. The summed E-state index contributed by atoms with van der Waals surface area (Å²) in [5.41, 5.74) is 2.26. The Balaban J connectivity index is 2.01. The predicted molar refractivity (Wildman–Crippen MR) is 76.2 cm³/mol. The highest BCUT2D eigenvalue weighted by Gasteiger charge is 2.13. The molecule has 3 aromatic rings. The van der Waals surface area contributed by atoms with E-state index in [1.807, 2.05) is 24.3 Å². The molecule has 21 heavy (non-hydrogen) atoms. The van der Waals surface area contributed by atoms with Crippen LogP contribution in [0.25, 0.3) is 22.8 Å². The molecule has 0 atom stereocenters. The molecule has 2 aromatic carbocycles. The first-order valence-electron chi connectivity index (χ1n) is 6.36. The second kappa shape index (κ2) is 5.47. The van der Waals surface area contributed by atoms with Crippen molar-refractivity contribution in [3.05, 3.63) is 54.1 Å². The Bertz CT molecular complexity index is 818. The van der Waals surface area contributed by atoms with Crippen LogP contribution in [0.5, 0.6) is 5.75 Å². The number of nitrogens with zero attached hydrogens (tertiary/aromatic N) is 3. The number of hydrogen-bond acceptors (Lipinski definition) is 5. The van der Waals surface area contributed by atoms with Crippen molar-refractivity contribution in [2.75, 3.05) is 0 Å². The Morgan fingerprint density at radius 3 is 2.81 bits per heavy atom. The largest absolute Gasteiger partial charge is 0.508 e. The maximum absolute atomic E-state index is 9.49. The van der Waals surface area contributed by atoms with E-state index >= 15 is 0 Å². The summed E-state index contributed by atoms with van der Waals surface area (Å²) in [6.45, 7) is 0. The van der Waals surface area contributed by atoms with Gasteiger partial charge in [-0.1, -0.05) is 35.5 Å². The highest BCUT2D eigenvalue weighted by atomic mass is 16.5. The molecule has 0 fully saturated rings. The van der Waals surface area contributed by atoms with Gasteiger partial charge < -0.3 is 9.63 Å². The monoisotopic (exact) mass is 277 g/mol. The van der Waals surface area contributed by atoms with Crippen LogP contribution >= 0.6 is 0 Å². The molecule has 0 saturated carbocycles. The minimum atomic E-state index is 0.142. The lowest BCUT2D eigenvalue weighted by Crippen LogP contribution is -1.88. The van der Waals surface area contributed by atoms with Crippen LogP contribution in [0, 0.1) is 11.3 Å². The summed E-state index contributed by atoms with van der Waals surface area (Å²) >= 11 is 0. The first kappa shape index (κ1) is 12.9. The van der Waals surface area contributed by atoms with Gasteiger partial charge in [-0.05, 0) is 23.8 Å². The van der Waals surface area contributed by atoms with E-state index in [-0.39, 0.29) is 12.2 Å². The van der Waals surface area contributed by atoms with Gasteiger partial charge in [0.2, 0.25) is 5.82 Å². The van der Waals surface area contributed by atoms with Crippen molar-refractivity contribution in [2.45, 2.75) is 6.42 Å². The van der Waals surface area contributed by atoms with Gasteiger partial charge in [-0.3, -0.25) is 0 Å². The molecule has 0 spiro atoms. The molecule has 0 aliphatic rings. The van der Waals surface area contributed by atoms with E-state index in [0.717, 1.165) is 11.1 Å². The van der Waals surface area contributed by atoms with E-state index in [4.69, 9.17) is 9.78 Å². The zero-order valence-electron chi connectivity index (χ0n) is 11.0. The molecule has 1 N–H and O–H groups in total. The normalized spacial score (nSPS) is 10.2. The van der Waals surface area contributed by atoms with Gasteiger partial charge in [0, 0.05) is 11.1 Å². The number of aromatic hydroxyl groups is 1. The van der Waals surface area contributed by atoms with Gasteiger partial charge >= 0.3 is 0 Å². The molecule has 1 aromatic heterocycles. The van der Waals surface area contributed by atoms with Crippen molar-refractivity contribution in [3.8, 4) is 34.7 Å². The molecule has 0 saturated heterocycles. The third-order valence-corrected chi connectivity index (χ3v) is 3.05. The molecule has 0 amide bonds. The molecular formula is C16H11N3O2. The van der Waals surface area contributed by atoms with Gasteiger partial charge in [-0.15, -0.1) is 0 Å². The maximum atomic E-state index is 9.49. The van der Waals surface area contributed by atoms with Crippen molar-refractivity contribution >= 4 is 0 Å². The van der Waals surface area contributed by atoms with Crippen LogP contribution in [0.2, 0.25) is 0 Å². The molecule has 0 unspecified atom stereocenters. The average Bonchev–Trinajstić information content (AvgIpc) is 2.98. The molecule has 0 aliphatic heterocycles. The number of aromatic nitrogens is 2.